The largest absolute Gasteiger partial charge is 0.497 e. The molecule has 50 heavy (non-hydrogen) atoms. The lowest BCUT2D eigenvalue weighted by Crippen LogP contribution is -2.62. The predicted octanol–water partition coefficient (Wildman–Crippen LogP) is 6.31. The van der Waals surface area contributed by atoms with Gasteiger partial charge in [0.05, 0.1) is 32.5 Å². The fourth-order valence-corrected chi connectivity index (χ4v) is 12.6. The lowest BCUT2D eigenvalue weighted by atomic mass is 9.47. The van der Waals surface area contributed by atoms with Gasteiger partial charge in [-0.25, -0.2) is 0 Å². The van der Waals surface area contributed by atoms with Crippen molar-refractivity contribution in [2.24, 2.45) is 46.3 Å². The maximum absolute atomic E-state index is 11.2. The van der Waals surface area contributed by atoms with Crippen LogP contribution in [-0.2, 0) is 28.4 Å². The summed E-state index contributed by atoms with van der Waals surface area (Å²) >= 11 is 0. The first-order valence-electron chi connectivity index (χ1n) is 19.6. The fourth-order valence-electron chi connectivity index (χ4n) is 12.6. The highest BCUT2D eigenvalue weighted by molar-refractivity contribution is 5.29. The second-order valence-electron chi connectivity index (χ2n) is 17.8. The molecule has 1 aromatic carbocycles. The smallest absolute Gasteiger partial charge is 0.186 e. The van der Waals surface area contributed by atoms with E-state index in [1.807, 2.05) is 24.3 Å². The molecule has 276 valence electrons. The number of allylic oxidation sites excluding steroid dienone is 1. The van der Waals surface area contributed by atoms with Crippen LogP contribution in [0, 0.1) is 46.3 Å². The Morgan fingerprint density at radius 1 is 0.880 bits per heavy atom. The molecule has 7 fully saturated rings. The number of methoxy groups -OCH3 is 1. The summed E-state index contributed by atoms with van der Waals surface area (Å²) < 4.78 is 43.7. The highest BCUT2D eigenvalue weighted by atomic mass is 16.8. The van der Waals surface area contributed by atoms with E-state index in [0.29, 0.717) is 47.0 Å². The van der Waals surface area contributed by atoms with Gasteiger partial charge in [0.25, 0.3) is 0 Å². The van der Waals surface area contributed by atoms with E-state index < -0.39 is 37.0 Å². The molecule has 4 saturated heterocycles. The zero-order valence-corrected chi connectivity index (χ0v) is 30.5. The number of fused-ring (bicyclic) bond motifs is 8. The van der Waals surface area contributed by atoms with Crippen LogP contribution in [0.4, 0.5) is 0 Å². The lowest BCUT2D eigenvalue weighted by molar-refractivity contribution is -0.367. The Balaban J connectivity index is 0.845. The van der Waals surface area contributed by atoms with Crippen LogP contribution in [0.25, 0.3) is 0 Å². The molecule has 4 heterocycles. The van der Waals surface area contributed by atoms with Crippen LogP contribution in [0.3, 0.4) is 0 Å². The molecule has 0 radical (unpaired) electrons. The quantitative estimate of drug-likeness (QED) is 0.351. The SMILES string of the molecule is COc1ccc(C2OCC3O[C@@H](O[C@H]4CC[C@@]5(C)C(=CC[C@H]6[C@@H]7C[C@@H]8O[C@]9(CC[C@@H](C)CO9)[C@@H](C)[C@@H]8[C@@]7(C)CC[C@@H]65)C4)C(O)[C@@H](O)[C@@H]3O2)cc1. The Labute approximate surface area is 297 Å². The van der Waals surface area contributed by atoms with Crippen LogP contribution < -0.4 is 4.74 Å². The monoisotopic (exact) mass is 694 g/mol. The van der Waals surface area contributed by atoms with Gasteiger partial charge in [0.15, 0.2) is 18.4 Å². The van der Waals surface area contributed by atoms with Gasteiger partial charge in [-0.15, -0.1) is 0 Å². The third-order valence-electron chi connectivity index (χ3n) is 15.4. The van der Waals surface area contributed by atoms with Gasteiger partial charge in [-0.3, -0.25) is 0 Å². The van der Waals surface area contributed by atoms with Gasteiger partial charge in [0.2, 0.25) is 0 Å². The van der Waals surface area contributed by atoms with Gasteiger partial charge in [0.1, 0.15) is 30.2 Å². The standard InChI is InChI=1S/C41H58O9/c1-22-12-17-41(46-20-22)23(2)33-31(50-41)19-30-28-11-8-25-18-27(13-15-39(25,3)29(28)14-16-40(30,33)4)47-38-35(43)34(42)36-32(48-38)21-45-37(49-36)24-6-9-26(44-5)10-7-24/h6-10,22-23,27-38,42-43H,11-21H2,1-5H3/t22-,23+,27+,28-,29+,30+,31+,32?,33+,34-,35?,36-,37?,38-,39+,40+,41-/m1/s1. The van der Waals surface area contributed by atoms with Gasteiger partial charge in [-0.05, 0) is 104 Å². The van der Waals surface area contributed by atoms with Crippen LogP contribution in [0.15, 0.2) is 35.9 Å². The molecule has 17 atom stereocenters. The maximum Gasteiger partial charge on any atom is 0.186 e. The first-order valence-corrected chi connectivity index (χ1v) is 19.6. The summed E-state index contributed by atoms with van der Waals surface area (Å²) in [6.07, 6.45) is 7.50. The normalized spacial score (nSPS) is 52.7. The Kier molecular flexibility index (Phi) is 8.56. The molecular weight excluding hydrogens is 636 g/mol. The van der Waals surface area contributed by atoms with Gasteiger partial charge >= 0.3 is 0 Å². The minimum Gasteiger partial charge on any atom is -0.497 e. The van der Waals surface area contributed by atoms with Crippen molar-refractivity contribution in [1.29, 1.82) is 0 Å². The Bertz CT molecular complexity index is 1440. The number of rotatable bonds is 4. The van der Waals surface area contributed by atoms with Crippen molar-refractivity contribution in [1.82, 2.24) is 0 Å². The van der Waals surface area contributed by atoms with E-state index in [1.54, 1.807) is 7.11 Å². The van der Waals surface area contributed by atoms with E-state index >= 15 is 0 Å². The lowest BCUT2D eigenvalue weighted by Gasteiger charge is -2.58. The number of hydrogen-bond acceptors (Lipinski definition) is 9. The van der Waals surface area contributed by atoms with Gasteiger partial charge in [-0.2, -0.15) is 0 Å². The van der Waals surface area contributed by atoms with E-state index in [-0.39, 0.29) is 23.9 Å². The minimum absolute atomic E-state index is 0.0740. The number of hydrogen-bond donors (Lipinski definition) is 2. The van der Waals surface area contributed by atoms with Gasteiger partial charge in [0, 0.05) is 17.9 Å². The average molecular weight is 695 g/mol. The number of aliphatic hydroxyl groups is 2. The van der Waals surface area contributed by atoms with Crippen LogP contribution in [0.1, 0.15) is 97.3 Å². The van der Waals surface area contributed by atoms with E-state index in [0.717, 1.165) is 50.0 Å². The second-order valence-corrected chi connectivity index (χ2v) is 17.8. The maximum atomic E-state index is 11.2. The van der Waals surface area contributed by atoms with E-state index in [4.69, 9.17) is 33.2 Å². The van der Waals surface area contributed by atoms with Crippen LogP contribution >= 0.6 is 0 Å². The van der Waals surface area contributed by atoms with Gasteiger partial charge < -0.3 is 43.4 Å². The fraction of sp³-hybridized carbons (Fsp3) is 0.805. The molecule has 3 saturated carbocycles. The summed E-state index contributed by atoms with van der Waals surface area (Å²) in [7, 11) is 1.62. The van der Waals surface area contributed by atoms with Crippen molar-refractivity contribution in [3.8, 4) is 5.75 Å². The third kappa shape index (κ3) is 5.23. The molecule has 0 aromatic heterocycles. The topological polar surface area (TPSA) is 105 Å². The van der Waals surface area contributed by atoms with Crippen LogP contribution in [0.5, 0.6) is 5.75 Å². The summed E-state index contributed by atoms with van der Waals surface area (Å²) in [5.74, 6) is 4.07. The molecule has 2 N–H and O–H groups in total. The molecule has 9 rings (SSSR count). The van der Waals surface area contributed by atoms with Crippen molar-refractivity contribution < 1.29 is 43.4 Å². The molecular formula is C41H58O9. The average Bonchev–Trinajstić information content (AvgIpc) is 3.57. The molecule has 4 aliphatic carbocycles. The molecule has 1 spiro atoms. The third-order valence-corrected chi connectivity index (χ3v) is 15.4. The molecule has 9 nitrogen and oxygen atoms in total. The highest BCUT2D eigenvalue weighted by Crippen LogP contribution is 2.70. The molecule has 8 aliphatic rings. The van der Waals surface area contributed by atoms with Crippen LogP contribution in [0.2, 0.25) is 0 Å². The zero-order valence-electron chi connectivity index (χ0n) is 30.5. The number of aliphatic hydroxyl groups excluding tert-OH is 2. The van der Waals surface area contributed by atoms with Crippen molar-refractivity contribution in [2.75, 3.05) is 20.3 Å². The van der Waals surface area contributed by atoms with E-state index in [2.05, 4.69) is 33.8 Å². The Hall–Kier alpha value is -1.56. The molecule has 1 aromatic rings. The van der Waals surface area contributed by atoms with Crippen molar-refractivity contribution in [2.45, 2.75) is 140 Å². The summed E-state index contributed by atoms with van der Waals surface area (Å²) in [6, 6.07) is 7.45. The molecule has 3 unspecified atom stereocenters. The number of benzene rings is 1. The van der Waals surface area contributed by atoms with Crippen molar-refractivity contribution in [3.05, 3.63) is 41.5 Å². The van der Waals surface area contributed by atoms with E-state index in [9.17, 15) is 10.2 Å². The highest BCUT2D eigenvalue weighted by Gasteiger charge is 2.68. The van der Waals surface area contributed by atoms with Crippen LogP contribution in [-0.4, -0.2) is 79.2 Å². The Morgan fingerprint density at radius 2 is 1.70 bits per heavy atom. The molecule has 4 aliphatic heterocycles. The predicted molar refractivity (Wildman–Crippen MR) is 184 cm³/mol. The minimum atomic E-state index is -1.21. The summed E-state index contributed by atoms with van der Waals surface area (Å²) in [5, 5.41) is 22.4. The van der Waals surface area contributed by atoms with Gasteiger partial charge in [-0.1, -0.05) is 51.5 Å². The van der Waals surface area contributed by atoms with Crippen molar-refractivity contribution in [3.63, 3.8) is 0 Å². The Morgan fingerprint density at radius 3 is 2.46 bits per heavy atom. The first kappa shape index (κ1) is 34.2. The molecule has 0 amide bonds. The summed E-state index contributed by atoms with van der Waals surface area (Å²) in [4.78, 5) is 0. The van der Waals surface area contributed by atoms with Crippen molar-refractivity contribution >= 4 is 0 Å². The molecule has 9 heteroatoms. The zero-order chi connectivity index (χ0) is 34.6. The summed E-state index contributed by atoms with van der Waals surface area (Å²) in [6.45, 7) is 10.9. The van der Waals surface area contributed by atoms with E-state index in [1.165, 1.54) is 31.3 Å². The number of ether oxygens (including phenoxy) is 7. The molecule has 0 bridgehead atoms. The second kappa shape index (κ2) is 12.5. The first-order chi connectivity index (χ1) is 24.0. The summed E-state index contributed by atoms with van der Waals surface area (Å²) in [5.41, 5.74) is 2.80.